The molecule has 0 aliphatic heterocycles. The fourth-order valence-electron chi connectivity index (χ4n) is 2.91. The van der Waals surface area contributed by atoms with Crippen LogP contribution < -0.4 is 0 Å². The Morgan fingerprint density at radius 2 is 1.68 bits per heavy atom. The standard InChI is InChI=1S/C20H18O6S2/c1-28(25,26)19-14(18(22)16(20(23)24)17(21)12-10-11-12)8-5-9-15(19)27-13-6-3-2-4-7-13/h2-9,12,16H,10-11H2,1H3,(H,23,24). The first kappa shape index (κ1) is 20.3. The highest BCUT2D eigenvalue weighted by molar-refractivity contribution is 8.00. The maximum absolute atomic E-state index is 13.0. The van der Waals surface area contributed by atoms with Crippen LogP contribution in [0.2, 0.25) is 0 Å². The van der Waals surface area contributed by atoms with Gasteiger partial charge in [-0.1, -0.05) is 36.0 Å². The first-order valence-corrected chi connectivity index (χ1v) is 11.3. The quantitative estimate of drug-likeness (QED) is 0.519. The summed E-state index contributed by atoms with van der Waals surface area (Å²) in [5.74, 6) is -5.51. The Labute approximate surface area is 166 Å². The second-order valence-electron chi connectivity index (χ2n) is 6.63. The fourth-order valence-corrected chi connectivity index (χ4v) is 5.39. The number of rotatable bonds is 8. The van der Waals surface area contributed by atoms with Crippen LogP contribution in [-0.4, -0.2) is 37.3 Å². The zero-order valence-corrected chi connectivity index (χ0v) is 16.6. The van der Waals surface area contributed by atoms with Gasteiger partial charge in [0.15, 0.2) is 27.3 Å². The van der Waals surface area contributed by atoms with Gasteiger partial charge in [0.05, 0.1) is 4.90 Å². The predicted molar refractivity (Wildman–Crippen MR) is 103 cm³/mol. The van der Waals surface area contributed by atoms with Crippen molar-refractivity contribution in [3.05, 3.63) is 54.1 Å². The molecule has 0 aromatic heterocycles. The number of benzene rings is 2. The van der Waals surface area contributed by atoms with Crippen molar-refractivity contribution in [1.29, 1.82) is 0 Å². The number of carbonyl (C=O) groups is 3. The van der Waals surface area contributed by atoms with Crippen LogP contribution in [0.3, 0.4) is 0 Å². The Kier molecular flexibility index (Phi) is 5.71. The summed E-state index contributed by atoms with van der Waals surface area (Å²) in [5.41, 5.74) is -0.259. The molecule has 28 heavy (non-hydrogen) atoms. The van der Waals surface area contributed by atoms with Crippen molar-refractivity contribution < 1.29 is 27.9 Å². The van der Waals surface area contributed by atoms with Gasteiger partial charge in [-0.25, -0.2) is 8.42 Å². The Balaban J connectivity index is 2.09. The summed E-state index contributed by atoms with van der Waals surface area (Å²) in [6, 6.07) is 13.3. The Morgan fingerprint density at radius 1 is 1.04 bits per heavy atom. The number of sulfone groups is 1. The van der Waals surface area contributed by atoms with Crippen LogP contribution in [0.15, 0.2) is 63.2 Å². The van der Waals surface area contributed by atoms with Crippen LogP contribution in [0.25, 0.3) is 0 Å². The average molecular weight is 418 g/mol. The third-order valence-corrected chi connectivity index (χ3v) is 6.74. The van der Waals surface area contributed by atoms with Crippen molar-refractivity contribution in [2.45, 2.75) is 27.5 Å². The maximum Gasteiger partial charge on any atom is 0.322 e. The highest BCUT2D eigenvalue weighted by atomic mass is 32.2. The lowest BCUT2D eigenvalue weighted by atomic mass is 9.91. The predicted octanol–water partition coefficient (Wildman–Crippen LogP) is 3.10. The van der Waals surface area contributed by atoms with Crippen LogP contribution >= 0.6 is 11.8 Å². The van der Waals surface area contributed by atoms with Crippen molar-refractivity contribution in [1.82, 2.24) is 0 Å². The SMILES string of the molecule is CS(=O)(=O)c1c(Sc2ccccc2)cccc1C(=O)C(C(=O)O)C(=O)C1CC1. The lowest BCUT2D eigenvalue weighted by molar-refractivity contribution is -0.144. The monoisotopic (exact) mass is 418 g/mol. The zero-order valence-electron chi connectivity index (χ0n) is 15.0. The van der Waals surface area contributed by atoms with Crippen LogP contribution in [0.4, 0.5) is 0 Å². The van der Waals surface area contributed by atoms with Crippen molar-refractivity contribution in [3.8, 4) is 0 Å². The molecule has 0 saturated heterocycles. The average Bonchev–Trinajstić information content (AvgIpc) is 3.46. The summed E-state index contributed by atoms with van der Waals surface area (Å²) >= 11 is 1.16. The fraction of sp³-hybridized carbons (Fsp3) is 0.250. The number of hydrogen-bond donors (Lipinski definition) is 1. The molecule has 3 rings (SSSR count). The van der Waals surface area contributed by atoms with E-state index in [1.165, 1.54) is 12.1 Å². The lowest BCUT2D eigenvalue weighted by Gasteiger charge is -2.15. The molecule has 1 unspecified atom stereocenters. The van der Waals surface area contributed by atoms with Gasteiger partial charge in [0.2, 0.25) is 0 Å². The highest BCUT2D eigenvalue weighted by Crippen LogP contribution is 2.37. The molecule has 1 aliphatic carbocycles. The van der Waals surface area contributed by atoms with Gasteiger partial charge in [0.25, 0.3) is 0 Å². The molecular formula is C20H18O6S2. The van der Waals surface area contributed by atoms with E-state index in [0.717, 1.165) is 22.9 Å². The second kappa shape index (κ2) is 7.89. The van der Waals surface area contributed by atoms with Gasteiger partial charge in [-0.15, -0.1) is 0 Å². The third-order valence-electron chi connectivity index (χ3n) is 4.36. The number of hydrogen-bond acceptors (Lipinski definition) is 6. The summed E-state index contributed by atoms with van der Waals surface area (Å²) in [5, 5.41) is 9.45. The van der Waals surface area contributed by atoms with Crippen LogP contribution in [0.1, 0.15) is 23.2 Å². The van der Waals surface area contributed by atoms with E-state index in [-0.39, 0.29) is 10.5 Å². The molecule has 146 valence electrons. The molecule has 0 radical (unpaired) electrons. The van der Waals surface area contributed by atoms with E-state index in [0.29, 0.717) is 17.7 Å². The van der Waals surface area contributed by atoms with Crippen LogP contribution in [0.5, 0.6) is 0 Å². The third kappa shape index (κ3) is 4.34. The van der Waals surface area contributed by atoms with E-state index in [4.69, 9.17) is 0 Å². The van der Waals surface area contributed by atoms with Crippen molar-refractivity contribution >= 4 is 39.1 Å². The first-order valence-electron chi connectivity index (χ1n) is 8.57. The van der Waals surface area contributed by atoms with Crippen molar-refractivity contribution in [2.24, 2.45) is 11.8 Å². The summed E-state index contributed by atoms with van der Waals surface area (Å²) < 4.78 is 25.0. The molecule has 0 spiro atoms. The van der Waals surface area contributed by atoms with Crippen LogP contribution in [0, 0.1) is 11.8 Å². The van der Waals surface area contributed by atoms with E-state index in [2.05, 4.69) is 0 Å². The Bertz CT molecular complexity index is 1040. The van der Waals surface area contributed by atoms with Gasteiger partial charge < -0.3 is 5.11 Å². The number of Topliss-reactive ketones (excluding diaryl/α,β-unsaturated/α-hetero) is 2. The van der Waals surface area contributed by atoms with Crippen molar-refractivity contribution in [2.75, 3.05) is 6.26 Å². The smallest absolute Gasteiger partial charge is 0.322 e. The molecular weight excluding hydrogens is 400 g/mol. The largest absolute Gasteiger partial charge is 0.480 e. The van der Waals surface area contributed by atoms with Gasteiger partial charge in [-0.05, 0) is 37.1 Å². The molecule has 6 nitrogen and oxygen atoms in total. The van der Waals surface area contributed by atoms with Gasteiger partial charge >= 0.3 is 5.97 Å². The molecule has 1 N–H and O–H groups in total. The molecule has 0 heterocycles. The summed E-state index contributed by atoms with van der Waals surface area (Å²) in [4.78, 5) is 37.8. The zero-order chi connectivity index (χ0) is 20.5. The van der Waals surface area contributed by atoms with Gasteiger partial charge in [-0.3, -0.25) is 14.4 Å². The van der Waals surface area contributed by atoms with E-state index >= 15 is 0 Å². The minimum atomic E-state index is -3.86. The Hall–Kier alpha value is -2.45. The molecule has 1 aliphatic rings. The van der Waals surface area contributed by atoms with E-state index in [9.17, 15) is 27.9 Å². The number of carbonyl (C=O) groups excluding carboxylic acids is 2. The number of ketones is 2. The molecule has 1 atom stereocenters. The van der Waals surface area contributed by atoms with E-state index in [1.54, 1.807) is 30.3 Å². The molecule has 0 amide bonds. The van der Waals surface area contributed by atoms with Crippen molar-refractivity contribution in [3.63, 3.8) is 0 Å². The summed E-state index contributed by atoms with van der Waals surface area (Å²) in [6.07, 6.45) is 2.07. The van der Waals surface area contributed by atoms with E-state index < -0.39 is 39.2 Å². The normalized spacial score (nSPS) is 15.0. The summed E-state index contributed by atoms with van der Waals surface area (Å²) in [6.45, 7) is 0. The molecule has 2 aromatic rings. The highest BCUT2D eigenvalue weighted by Gasteiger charge is 2.43. The molecule has 8 heteroatoms. The Morgan fingerprint density at radius 3 is 2.21 bits per heavy atom. The van der Waals surface area contributed by atoms with E-state index in [1.807, 2.05) is 6.07 Å². The maximum atomic E-state index is 13.0. The van der Waals surface area contributed by atoms with Gasteiger partial charge in [0.1, 0.15) is 0 Å². The topological polar surface area (TPSA) is 106 Å². The lowest BCUT2D eigenvalue weighted by Crippen LogP contribution is -2.33. The first-order chi connectivity index (χ1) is 13.2. The molecule has 2 aromatic carbocycles. The minimum absolute atomic E-state index is 0.247. The minimum Gasteiger partial charge on any atom is -0.480 e. The number of carboxylic acid groups (broad SMARTS) is 1. The second-order valence-corrected chi connectivity index (χ2v) is 9.70. The molecule has 1 saturated carbocycles. The van der Waals surface area contributed by atoms with Gasteiger partial charge in [0, 0.05) is 27.5 Å². The van der Waals surface area contributed by atoms with Gasteiger partial charge in [-0.2, -0.15) is 0 Å². The summed E-state index contributed by atoms with van der Waals surface area (Å²) in [7, 11) is -3.86. The molecule has 1 fully saturated rings. The van der Waals surface area contributed by atoms with Crippen LogP contribution in [-0.2, 0) is 19.4 Å². The molecule has 0 bridgehead atoms. The number of carboxylic acids is 1. The number of aliphatic carboxylic acids is 1.